The first-order chi connectivity index (χ1) is 15.0. The van der Waals surface area contributed by atoms with E-state index >= 15 is 0 Å². The summed E-state index contributed by atoms with van der Waals surface area (Å²) in [5.41, 5.74) is 2.11. The van der Waals surface area contributed by atoms with Gasteiger partial charge in [0, 0.05) is 24.0 Å². The lowest BCUT2D eigenvalue weighted by molar-refractivity contribution is -0.116. The molecule has 1 amide bonds. The van der Waals surface area contributed by atoms with Crippen LogP contribution in [0.4, 0.5) is 5.69 Å². The molecule has 0 bridgehead atoms. The molecule has 0 saturated carbocycles. The van der Waals surface area contributed by atoms with Crippen molar-refractivity contribution < 1.29 is 14.3 Å². The highest BCUT2D eigenvalue weighted by atomic mass is 79.9. The molecule has 3 aromatic rings. The smallest absolute Gasteiger partial charge is 0.261 e. The number of anilines is 1. The first-order valence-corrected chi connectivity index (χ1v) is 11.1. The Bertz CT molecular complexity index is 1160. The number of ether oxygens (including phenoxy) is 2. The highest BCUT2D eigenvalue weighted by molar-refractivity contribution is 9.10. The van der Waals surface area contributed by atoms with Crippen LogP contribution in [0.2, 0.25) is 0 Å². The Morgan fingerprint density at radius 1 is 1.32 bits per heavy atom. The number of carbonyl (C=O) groups excluding carboxylic acids is 1. The Morgan fingerprint density at radius 2 is 2.19 bits per heavy atom. The van der Waals surface area contributed by atoms with Crippen molar-refractivity contribution >= 4 is 38.4 Å². The number of benzene rings is 2. The van der Waals surface area contributed by atoms with Gasteiger partial charge in [0.15, 0.2) is 0 Å². The minimum absolute atomic E-state index is 0.0939. The molecule has 0 radical (unpaired) electrons. The second-order valence-electron chi connectivity index (χ2n) is 7.65. The minimum Gasteiger partial charge on any atom is -0.489 e. The molecule has 1 atom stereocenters. The average molecular weight is 486 g/mol. The third kappa shape index (κ3) is 5.32. The number of amides is 1. The number of hydrogen-bond acceptors (Lipinski definition) is 5. The fourth-order valence-corrected chi connectivity index (χ4v) is 3.90. The van der Waals surface area contributed by atoms with Gasteiger partial charge in [0.2, 0.25) is 5.91 Å². The lowest BCUT2D eigenvalue weighted by Crippen LogP contribution is -2.24. The number of halogens is 1. The molecule has 1 aliphatic rings. The molecule has 1 N–H and O–H groups in total. The van der Waals surface area contributed by atoms with Crippen molar-refractivity contribution in [1.29, 1.82) is 0 Å². The number of nitrogens with one attached hydrogen (secondary N) is 1. The van der Waals surface area contributed by atoms with Gasteiger partial charge >= 0.3 is 0 Å². The summed E-state index contributed by atoms with van der Waals surface area (Å²) in [6.07, 6.45) is 3.74. The summed E-state index contributed by atoms with van der Waals surface area (Å²) in [5, 5.41) is 3.42. The van der Waals surface area contributed by atoms with Crippen molar-refractivity contribution in [3.63, 3.8) is 0 Å². The number of fused-ring (bicyclic) bond motifs is 1. The van der Waals surface area contributed by atoms with E-state index in [2.05, 4.69) is 26.2 Å². The molecule has 1 unspecified atom stereocenters. The second kappa shape index (κ2) is 9.62. The number of hydrogen-bond donors (Lipinski definition) is 1. The molecular formula is C23H24BrN3O4. The normalized spacial score (nSPS) is 15.9. The Kier molecular flexibility index (Phi) is 6.67. The van der Waals surface area contributed by atoms with Gasteiger partial charge in [0.25, 0.3) is 5.56 Å². The van der Waals surface area contributed by atoms with Crippen LogP contribution in [0, 0.1) is 6.92 Å². The minimum atomic E-state index is -0.202. The van der Waals surface area contributed by atoms with Gasteiger partial charge in [-0.1, -0.05) is 22.0 Å². The standard InChI is InChI=1S/C23H24BrN3O4/c1-15-4-6-20(21(11-15)31-13-17-3-2-10-30-17)26-22(28)8-9-27-14-25-19-7-5-16(24)12-18(19)23(27)29/h4-7,11-12,14,17H,2-3,8-10,13H2,1H3,(H,26,28). The number of carbonyl (C=O) groups is 1. The van der Waals surface area contributed by atoms with Crippen LogP contribution in [0.15, 0.2) is 52.0 Å². The summed E-state index contributed by atoms with van der Waals surface area (Å²) < 4.78 is 13.8. The summed E-state index contributed by atoms with van der Waals surface area (Å²) in [5.74, 6) is 0.422. The van der Waals surface area contributed by atoms with Crippen molar-refractivity contribution in [2.75, 3.05) is 18.5 Å². The summed E-state index contributed by atoms with van der Waals surface area (Å²) >= 11 is 3.38. The second-order valence-corrected chi connectivity index (χ2v) is 8.56. The van der Waals surface area contributed by atoms with Gasteiger partial charge in [-0.05, 0) is 55.7 Å². The molecule has 1 aliphatic heterocycles. The van der Waals surface area contributed by atoms with Crippen LogP contribution in [-0.2, 0) is 16.1 Å². The fourth-order valence-electron chi connectivity index (χ4n) is 3.54. The van der Waals surface area contributed by atoms with Crippen molar-refractivity contribution in [2.45, 2.75) is 38.8 Å². The molecule has 31 heavy (non-hydrogen) atoms. The summed E-state index contributed by atoms with van der Waals surface area (Å²) in [6.45, 7) is 3.44. The highest BCUT2D eigenvalue weighted by Gasteiger charge is 2.17. The average Bonchev–Trinajstić information content (AvgIpc) is 3.27. The van der Waals surface area contributed by atoms with Crippen molar-refractivity contribution in [3.05, 3.63) is 63.1 Å². The SMILES string of the molecule is Cc1ccc(NC(=O)CCn2cnc3ccc(Br)cc3c2=O)c(OCC2CCCO2)c1. The van der Waals surface area contributed by atoms with E-state index < -0.39 is 0 Å². The summed E-state index contributed by atoms with van der Waals surface area (Å²) in [6, 6.07) is 11.0. The van der Waals surface area contributed by atoms with E-state index in [0.717, 1.165) is 29.5 Å². The van der Waals surface area contributed by atoms with Gasteiger partial charge in [0.05, 0.1) is 29.0 Å². The van der Waals surface area contributed by atoms with Crippen LogP contribution >= 0.6 is 15.9 Å². The molecule has 0 spiro atoms. The van der Waals surface area contributed by atoms with Gasteiger partial charge < -0.3 is 14.8 Å². The topological polar surface area (TPSA) is 82.5 Å². The zero-order valence-corrected chi connectivity index (χ0v) is 18.9. The highest BCUT2D eigenvalue weighted by Crippen LogP contribution is 2.27. The first-order valence-electron chi connectivity index (χ1n) is 10.3. The zero-order chi connectivity index (χ0) is 21.8. The Balaban J connectivity index is 1.41. The fraction of sp³-hybridized carbons (Fsp3) is 0.348. The van der Waals surface area contributed by atoms with E-state index in [9.17, 15) is 9.59 Å². The molecule has 2 heterocycles. The molecule has 2 aromatic carbocycles. The van der Waals surface area contributed by atoms with E-state index in [1.165, 1.54) is 10.9 Å². The molecular weight excluding hydrogens is 462 g/mol. The molecule has 1 aromatic heterocycles. The number of aryl methyl sites for hydroxylation is 2. The number of nitrogens with zero attached hydrogens (tertiary/aromatic N) is 2. The zero-order valence-electron chi connectivity index (χ0n) is 17.3. The van der Waals surface area contributed by atoms with Crippen LogP contribution in [0.5, 0.6) is 5.75 Å². The number of aromatic nitrogens is 2. The van der Waals surface area contributed by atoms with Crippen LogP contribution < -0.4 is 15.6 Å². The molecule has 8 heteroatoms. The lowest BCUT2D eigenvalue weighted by Gasteiger charge is -2.16. The predicted molar refractivity (Wildman–Crippen MR) is 123 cm³/mol. The molecule has 0 aliphatic carbocycles. The van der Waals surface area contributed by atoms with Crippen molar-refractivity contribution in [2.24, 2.45) is 0 Å². The van der Waals surface area contributed by atoms with E-state index in [4.69, 9.17) is 9.47 Å². The molecule has 1 saturated heterocycles. The lowest BCUT2D eigenvalue weighted by atomic mass is 10.2. The van der Waals surface area contributed by atoms with Gasteiger partial charge in [0.1, 0.15) is 12.4 Å². The van der Waals surface area contributed by atoms with E-state index in [1.807, 2.05) is 31.2 Å². The quantitative estimate of drug-likeness (QED) is 0.545. The van der Waals surface area contributed by atoms with Crippen LogP contribution in [0.3, 0.4) is 0 Å². The Hall–Kier alpha value is -2.71. The van der Waals surface area contributed by atoms with Crippen molar-refractivity contribution in [3.8, 4) is 5.75 Å². The van der Waals surface area contributed by atoms with Crippen molar-refractivity contribution in [1.82, 2.24) is 9.55 Å². The van der Waals surface area contributed by atoms with E-state index in [1.54, 1.807) is 12.1 Å². The molecule has 162 valence electrons. The van der Waals surface area contributed by atoms with Gasteiger partial charge in [-0.2, -0.15) is 0 Å². The van der Waals surface area contributed by atoms with Crippen LogP contribution in [-0.4, -0.2) is 34.8 Å². The predicted octanol–water partition coefficient (Wildman–Crippen LogP) is 4.05. The summed E-state index contributed by atoms with van der Waals surface area (Å²) in [4.78, 5) is 29.6. The monoisotopic (exact) mass is 485 g/mol. The number of rotatable bonds is 7. The van der Waals surface area contributed by atoms with Crippen LogP contribution in [0.25, 0.3) is 10.9 Å². The third-order valence-electron chi connectivity index (χ3n) is 5.23. The third-order valence-corrected chi connectivity index (χ3v) is 5.72. The Labute approximate surface area is 188 Å². The van der Waals surface area contributed by atoms with Gasteiger partial charge in [-0.25, -0.2) is 4.98 Å². The molecule has 4 rings (SSSR count). The van der Waals surface area contributed by atoms with E-state index in [-0.39, 0.29) is 30.5 Å². The summed E-state index contributed by atoms with van der Waals surface area (Å²) in [7, 11) is 0. The van der Waals surface area contributed by atoms with Crippen LogP contribution in [0.1, 0.15) is 24.8 Å². The maximum absolute atomic E-state index is 12.7. The van der Waals surface area contributed by atoms with Gasteiger partial charge in [-0.15, -0.1) is 0 Å². The molecule has 7 nitrogen and oxygen atoms in total. The largest absolute Gasteiger partial charge is 0.489 e. The maximum Gasteiger partial charge on any atom is 0.261 e. The maximum atomic E-state index is 12.7. The first kappa shape index (κ1) is 21.5. The molecule has 1 fully saturated rings. The van der Waals surface area contributed by atoms with Gasteiger partial charge in [-0.3, -0.25) is 14.2 Å². The Morgan fingerprint density at radius 3 is 3.00 bits per heavy atom. The van der Waals surface area contributed by atoms with E-state index in [0.29, 0.717) is 28.9 Å².